The predicted molar refractivity (Wildman–Crippen MR) is 117 cm³/mol. The van der Waals surface area contributed by atoms with Gasteiger partial charge >= 0.3 is 0 Å². The molecule has 1 atom stereocenters. The van der Waals surface area contributed by atoms with E-state index in [1.54, 1.807) is 37.3 Å². The Morgan fingerprint density at radius 2 is 1.87 bits per heavy atom. The van der Waals surface area contributed by atoms with E-state index in [-0.39, 0.29) is 24.0 Å². The average molecular weight is 417 g/mol. The van der Waals surface area contributed by atoms with Gasteiger partial charge in [0, 0.05) is 17.8 Å². The molecule has 4 rings (SSSR count). The minimum Gasteiger partial charge on any atom is -0.487 e. The van der Waals surface area contributed by atoms with E-state index in [0.29, 0.717) is 35.0 Å². The van der Waals surface area contributed by atoms with E-state index < -0.39 is 0 Å². The average Bonchev–Trinajstić information content (AvgIpc) is 3.15. The first kappa shape index (κ1) is 20.4. The Labute approximate surface area is 179 Å². The molecule has 31 heavy (non-hydrogen) atoms. The molecule has 7 heteroatoms. The maximum Gasteiger partial charge on any atom is 0.287 e. The fraction of sp³-hybridized carbons (Fsp3) is 0.208. The van der Waals surface area contributed by atoms with Crippen LogP contribution in [-0.2, 0) is 11.4 Å². The standard InChI is InChI=1S/C24H23N3O4/c1-3-21(17-7-5-4-6-8-17)24(29)26-18-9-11-20(12-10-18)30-15-19-14-23(28)27-22(25-19)13-16(2)31-27/h4-14,21H,3,15H2,1-2H3,(H,26,29)/t21-/m0/s1. The van der Waals surface area contributed by atoms with Crippen LogP contribution in [0.4, 0.5) is 5.69 Å². The van der Waals surface area contributed by atoms with E-state index in [1.165, 1.54) is 6.07 Å². The van der Waals surface area contributed by atoms with Gasteiger partial charge in [-0.3, -0.25) is 9.59 Å². The van der Waals surface area contributed by atoms with E-state index in [1.807, 2.05) is 37.3 Å². The lowest BCUT2D eigenvalue weighted by Gasteiger charge is -2.15. The third-order valence-corrected chi connectivity index (χ3v) is 4.96. The van der Waals surface area contributed by atoms with Crippen molar-refractivity contribution in [2.75, 3.05) is 5.32 Å². The van der Waals surface area contributed by atoms with Crippen molar-refractivity contribution in [3.05, 3.63) is 94.1 Å². The van der Waals surface area contributed by atoms with Crippen molar-refractivity contribution in [1.82, 2.24) is 9.56 Å². The zero-order valence-electron chi connectivity index (χ0n) is 17.4. The summed E-state index contributed by atoms with van der Waals surface area (Å²) in [6.45, 7) is 3.90. The Hall–Kier alpha value is -3.87. The largest absolute Gasteiger partial charge is 0.487 e. The summed E-state index contributed by atoms with van der Waals surface area (Å²) in [6, 6.07) is 19.9. The van der Waals surface area contributed by atoms with Crippen LogP contribution in [0.5, 0.6) is 5.75 Å². The zero-order chi connectivity index (χ0) is 21.8. The molecule has 4 aromatic rings. The Kier molecular flexibility index (Phi) is 5.84. The number of fused-ring (bicyclic) bond motifs is 1. The molecule has 0 unspecified atom stereocenters. The number of amides is 1. The molecule has 7 nitrogen and oxygen atoms in total. The summed E-state index contributed by atoms with van der Waals surface area (Å²) >= 11 is 0. The highest BCUT2D eigenvalue weighted by Crippen LogP contribution is 2.23. The molecular weight excluding hydrogens is 394 g/mol. The van der Waals surface area contributed by atoms with Crippen LogP contribution in [0.1, 0.15) is 36.3 Å². The zero-order valence-corrected chi connectivity index (χ0v) is 17.4. The molecule has 1 amide bonds. The second-order valence-electron chi connectivity index (χ2n) is 7.26. The van der Waals surface area contributed by atoms with Gasteiger partial charge < -0.3 is 14.6 Å². The normalized spacial score (nSPS) is 11.9. The Morgan fingerprint density at radius 1 is 1.13 bits per heavy atom. The molecule has 0 aliphatic rings. The van der Waals surface area contributed by atoms with Crippen LogP contribution < -0.4 is 15.6 Å². The van der Waals surface area contributed by atoms with Crippen molar-refractivity contribution in [2.45, 2.75) is 32.8 Å². The van der Waals surface area contributed by atoms with Gasteiger partial charge in [-0.1, -0.05) is 37.3 Å². The van der Waals surface area contributed by atoms with Gasteiger partial charge in [-0.2, -0.15) is 0 Å². The number of nitrogens with one attached hydrogen (secondary N) is 1. The minimum atomic E-state index is -0.293. The summed E-state index contributed by atoms with van der Waals surface area (Å²) in [7, 11) is 0. The third-order valence-electron chi connectivity index (χ3n) is 4.96. The van der Waals surface area contributed by atoms with Crippen molar-refractivity contribution in [3.63, 3.8) is 0 Å². The first-order valence-corrected chi connectivity index (χ1v) is 10.1. The first-order chi connectivity index (χ1) is 15.0. The molecule has 0 radical (unpaired) electrons. The molecule has 0 saturated heterocycles. The molecule has 0 aliphatic heterocycles. The summed E-state index contributed by atoms with van der Waals surface area (Å²) in [5, 5.41) is 2.96. The third kappa shape index (κ3) is 4.66. The van der Waals surface area contributed by atoms with E-state index in [2.05, 4.69) is 10.3 Å². The molecule has 0 aliphatic carbocycles. The summed E-state index contributed by atoms with van der Waals surface area (Å²) in [6.07, 6.45) is 0.713. The quantitative estimate of drug-likeness (QED) is 0.484. The molecule has 2 aromatic carbocycles. The lowest BCUT2D eigenvalue weighted by atomic mass is 9.95. The minimum absolute atomic E-state index is 0.0456. The molecule has 2 heterocycles. The van der Waals surface area contributed by atoms with Crippen LogP contribution in [0.3, 0.4) is 0 Å². The van der Waals surface area contributed by atoms with Crippen LogP contribution in [0.25, 0.3) is 5.65 Å². The first-order valence-electron chi connectivity index (χ1n) is 10.1. The Bertz CT molecular complexity index is 1240. The van der Waals surface area contributed by atoms with Gasteiger partial charge in [0.15, 0.2) is 5.65 Å². The smallest absolute Gasteiger partial charge is 0.287 e. The lowest BCUT2D eigenvalue weighted by Crippen LogP contribution is -2.20. The predicted octanol–water partition coefficient (Wildman–Crippen LogP) is 4.31. The molecule has 1 N–H and O–H groups in total. The van der Waals surface area contributed by atoms with Crippen LogP contribution in [0.2, 0.25) is 0 Å². The second-order valence-corrected chi connectivity index (χ2v) is 7.26. The molecule has 158 valence electrons. The van der Waals surface area contributed by atoms with Crippen molar-refractivity contribution < 1.29 is 14.1 Å². The molecule has 0 saturated carbocycles. The molecule has 0 bridgehead atoms. The topological polar surface area (TPSA) is 85.8 Å². The second kappa shape index (κ2) is 8.87. The number of aromatic nitrogens is 2. The number of aryl methyl sites for hydroxylation is 1. The maximum absolute atomic E-state index is 12.7. The van der Waals surface area contributed by atoms with Gasteiger partial charge in [0.05, 0.1) is 11.6 Å². The van der Waals surface area contributed by atoms with Crippen molar-refractivity contribution in [1.29, 1.82) is 0 Å². The highest BCUT2D eigenvalue weighted by atomic mass is 16.5. The number of carbonyl (C=O) groups excluding carboxylic acids is 1. The Morgan fingerprint density at radius 3 is 2.58 bits per heavy atom. The molecular formula is C24H23N3O4. The van der Waals surface area contributed by atoms with Crippen molar-refractivity contribution in [3.8, 4) is 5.75 Å². The van der Waals surface area contributed by atoms with Crippen molar-refractivity contribution in [2.24, 2.45) is 0 Å². The highest BCUT2D eigenvalue weighted by Gasteiger charge is 2.18. The number of carbonyl (C=O) groups is 1. The Balaban J connectivity index is 1.39. The van der Waals surface area contributed by atoms with Gasteiger partial charge in [-0.05, 0) is 43.2 Å². The van der Waals surface area contributed by atoms with Crippen LogP contribution in [0.15, 0.2) is 76.0 Å². The number of hydrogen-bond acceptors (Lipinski definition) is 5. The maximum atomic E-state index is 12.7. The number of benzene rings is 2. The monoisotopic (exact) mass is 417 g/mol. The molecule has 2 aromatic heterocycles. The van der Waals surface area contributed by atoms with Crippen LogP contribution in [0, 0.1) is 6.92 Å². The number of anilines is 1. The van der Waals surface area contributed by atoms with Crippen LogP contribution >= 0.6 is 0 Å². The van der Waals surface area contributed by atoms with E-state index in [0.717, 1.165) is 10.1 Å². The number of nitrogens with zero attached hydrogens (tertiary/aromatic N) is 2. The molecule has 0 fully saturated rings. The van der Waals surface area contributed by atoms with Gasteiger partial charge in [-0.25, -0.2) is 4.98 Å². The number of rotatable bonds is 7. The number of ether oxygens (including phenoxy) is 1. The van der Waals surface area contributed by atoms with E-state index >= 15 is 0 Å². The van der Waals surface area contributed by atoms with Crippen molar-refractivity contribution >= 4 is 17.2 Å². The van der Waals surface area contributed by atoms with Gasteiger partial charge in [-0.15, -0.1) is 4.57 Å². The van der Waals surface area contributed by atoms with E-state index in [9.17, 15) is 9.59 Å². The summed E-state index contributed by atoms with van der Waals surface area (Å²) < 4.78 is 12.2. The van der Waals surface area contributed by atoms with Crippen LogP contribution in [-0.4, -0.2) is 15.5 Å². The summed E-state index contributed by atoms with van der Waals surface area (Å²) in [5.41, 5.74) is 2.36. The SMILES string of the molecule is CC[C@H](C(=O)Nc1ccc(OCc2cc(=O)n3oc(C)cc3n2)cc1)c1ccccc1. The van der Waals surface area contributed by atoms with Gasteiger partial charge in [0.2, 0.25) is 5.91 Å². The summed E-state index contributed by atoms with van der Waals surface area (Å²) in [4.78, 5) is 29.2. The van der Waals surface area contributed by atoms with Gasteiger partial charge in [0.1, 0.15) is 18.1 Å². The number of hydrogen-bond donors (Lipinski definition) is 1. The fourth-order valence-corrected chi connectivity index (χ4v) is 3.43. The van der Waals surface area contributed by atoms with E-state index in [4.69, 9.17) is 9.26 Å². The molecule has 0 spiro atoms. The highest BCUT2D eigenvalue weighted by molar-refractivity contribution is 5.95. The summed E-state index contributed by atoms with van der Waals surface area (Å²) in [5.74, 6) is 0.968. The lowest BCUT2D eigenvalue weighted by molar-refractivity contribution is -0.117. The fourth-order valence-electron chi connectivity index (χ4n) is 3.43. The van der Waals surface area contributed by atoms with Gasteiger partial charge in [0.25, 0.3) is 5.56 Å².